The first-order valence-electron chi connectivity index (χ1n) is 10.7. The summed E-state index contributed by atoms with van der Waals surface area (Å²) in [6.07, 6.45) is 3.10. The number of benzene rings is 1. The summed E-state index contributed by atoms with van der Waals surface area (Å²) in [5.74, 6) is 2.59. The number of amides is 1. The highest BCUT2D eigenvalue weighted by molar-refractivity contribution is 7.18. The zero-order valence-corrected chi connectivity index (χ0v) is 18.6. The van der Waals surface area contributed by atoms with E-state index in [4.69, 9.17) is 9.47 Å². The van der Waals surface area contributed by atoms with E-state index >= 15 is 0 Å². The van der Waals surface area contributed by atoms with Crippen LogP contribution in [0.1, 0.15) is 23.3 Å². The first-order chi connectivity index (χ1) is 15.1. The predicted octanol–water partition coefficient (Wildman–Crippen LogP) is 3.48. The molecule has 1 N–H and O–H groups in total. The zero-order chi connectivity index (χ0) is 21.4. The third-order valence-corrected chi connectivity index (χ3v) is 7.30. The average molecular weight is 439 g/mol. The van der Waals surface area contributed by atoms with Crippen LogP contribution in [0, 0.1) is 19.8 Å². The third kappa shape index (κ3) is 3.92. The second kappa shape index (κ2) is 8.34. The van der Waals surface area contributed by atoms with Crippen LogP contribution in [0.5, 0.6) is 11.5 Å². The molecule has 1 fully saturated rings. The Morgan fingerprint density at radius 2 is 1.97 bits per heavy atom. The van der Waals surface area contributed by atoms with Crippen molar-refractivity contribution in [2.24, 2.45) is 5.92 Å². The summed E-state index contributed by atoms with van der Waals surface area (Å²) in [5, 5.41) is 4.22. The van der Waals surface area contributed by atoms with Crippen LogP contribution < -0.4 is 19.7 Å². The third-order valence-electron chi connectivity index (χ3n) is 6.18. The van der Waals surface area contributed by atoms with Crippen molar-refractivity contribution in [2.45, 2.75) is 32.8 Å². The van der Waals surface area contributed by atoms with Crippen molar-refractivity contribution in [3.8, 4) is 11.5 Å². The van der Waals surface area contributed by atoms with Crippen molar-refractivity contribution in [3.05, 3.63) is 41.0 Å². The Bertz CT molecular complexity index is 1110. The lowest BCUT2D eigenvalue weighted by Crippen LogP contribution is -2.45. The number of fused-ring (bicyclic) bond motifs is 2. The minimum absolute atomic E-state index is 0.00989. The lowest BCUT2D eigenvalue weighted by molar-refractivity contribution is -0.126. The number of aromatic nitrogens is 2. The van der Waals surface area contributed by atoms with Gasteiger partial charge in [-0.1, -0.05) is 12.1 Å². The molecule has 8 heteroatoms. The van der Waals surface area contributed by atoms with Crippen LogP contribution in [-0.4, -0.2) is 48.2 Å². The summed E-state index contributed by atoms with van der Waals surface area (Å²) in [7, 11) is 0. The minimum Gasteiger partial charge on any atom is -0.486 e. The molecular weight excluding hydrogens is 412 g/mol. The smallest absolute Gasteiger partial charge is 0.223 e. The normalized spacial score (nSPS) is 18.9. The number of piperidine rings is 1. The number of anilines is 1. The summed E-state index contributed by atoms with van der Waals surface area (Å²) in [6, 6.07) is 7.62. The zero-order valence-electron chi connectivity index (χ0n) is 17.8. The van der Waals surface area contributed by atoms with Gasteiger partial charge in [-0.3, -0.25) is 4.79 Å². The summed E-state index contributed by atoms with van der Waals surface area (Å²) >= 11 is 1.71. The Morgan fingerprint density at radius 3 is 2.77 bits per heavy atom. The number of ether oxygens (including phenoxy) is 2. The molecule has 2 aromatic heterocycles. The van der Waals surface area contributed by atoms with Crippen molar-refractivity contribution in [3.63, 3.8) is 0 Å². The molecule has 0 bridgehead atoms. The Hall–Kier alpha value is -2.87. The van der Waals surface area contributed by atoms with E-state index in [9.17, 15) is 4.79 Å². The van der Waals surface area contributed by atoms with E-state index in [0.29, 0.717) is 13.2 Å². The van der Waals surface area contributed by atoms with Crippen molar-refractivity contribution < 1.29 is 14.3 Å². The van der Waals surface area contributed by atoms with Gasteiger partial charge in [-0.05, 0) is 44.4 Å². The summed E-state index contributed by atoms with van der Waals surface area (Å²) in [4.78, 5) is 26.4. The molecule has 1 amide bonds. The number of hydrogen-bond acceptors (Lipinski definition) is 7. The number of aryl methyl sites for hydroxylation is 2. The maximum Gasteiger partial charge on any atom is 0.223 e. The Labute approximate surface area is 185 Å². The molecule has 162 valence electrons. The molecule has 4 heterocycles. The number of rotatable bonds is 4. The van der Waals surface area contributed by atoms with Crippen LogP contribution in [0.3, 0.4) is 0 Å². The number of para-hydroxylation sites is 2. The van der Waals surface area contributed by atoms with Gasteiger partial charge in [-0.25, -0.2) is 9.97 Å². The molecule has 1 atom stereocenters. The molecule has 0 radical (unpaired) electrons. The molecule has 3 aromatic rings. The van der Waals surface area contributed by atoms with Gasteiger partial charge in [-0.15, -0.1) is 11.3 Å². The van der Waals surface area contributed by atoms with Gasteiger partial charge in [0.15, 0.2) is 11.5 Å². The van der Waals surface area contributed by atoms with Crippen molar-refractivity contribution >= 4 is 33.3 Å². The molecule has 7 nitrogen and oxygen atoms in total. The van der Waals surface area contributed by atoms with Crippen molar-refractivity contribution in [2.75, 3.05) is 31.1 Å². The van der Waals surface area contributed by atoms with Crippen LogP contribution in [0.4, 0.5) is 5.82 Å². The maximum absolute atomic E-state index is 12.7. The fourth-order valence-electron chi connectivity index (χ4n) is 4.28. The summed E-state index contributed by atoms with van der Waals surface area (Å²) < 4.78 is 11.7. The van der Waals surface area contributed by atoms with E-state index in [1.165, 1.54) is 10.4 Å². The number of nitrogens with zero attached hydrogens (tertiary/aromatic N) is 3. The van der Waals surface area contributed by atoms with Gasteiger partial charge in [-0.2, -0.15) is 0 Å². The molecule has 0 aliphatic carbocycles. The lowest BCUT2D eigenvalue weighted by atomic mass is 9.95. The van der Waals surface area contributed by atoms with Gasteiger partial charge in [0.25, 0.3) is 0 Å². The highest BCUT2D eigenvalue weighted by Crippen LogP contribution is 2.35. The van der Waals surface area contributed by atoms with Gasteiger partial charge >= 0.3 is 0 Å². The molecule has 1 saturated heterocycles. The predicted molar refractivity (Wildman–Crippen MR) is 121 cm³/mol. The molecule has 2 aliphatic heterocycles. The van der Waals surface area contributed by atoms with Gasteiger partial charge in [0.2, 0.25) is 5.91 Å². The number of carbonyl (C=O) groups excluding carboxylic acids is 1. The maximum atomic E-state index is 12.7. The fraction of sp³-hybridized carbons (Fsp3) is 0.435. The van der Waals surface area contributed by atoms with Gasteiger partial charge in [0.1, 0.15) is 29.7 Å². The molecule has 0 unspecified atom stereocenters. The number of nitrogens with one attached hydrogen (secondary N) is 1. The highest BCUT2D eigenvalue weighted by atomic mass is 32.1. The number of hydrogen-bond donors (Lipinski definition) is 1. The van der Waals surface area contributed by atoms with Crippen LogP contribution in [0.15, 0.2) is 30.6 Å². The molecule has 31 heavy (non-hydrogen) atoms. The lowest BCUT2D eigenvalue weighted by Gasteiger charge is -2.33. The van der Waals surface area contributed by atoms with Crippen LogP contribution >= 0.6 is 11.3 Å². The second-order valence-electron chi connectivity index (χ2n) is 8.16. The molecular formula is C23H26N4O3S. The molecule has 0 saturated carbocycles. The first-order valence-corrected chi connectivity index (χ1v) is 11.5. The largest absolute Gasteiger partial charge is 0.486 e. The van der Waals surface area contributed by atoms with E-state index in [0.717, 1.165) is 53.5 Å². The monoisotopic (exact) mass is 438 g/mol. The molecule has 0 spiro atoms. The van der Waals surface area contributed by atoms with E-state index in [-0.39, 0.29) is 17.9 Å². The summed E-state index contributed by atoms with van der Waals surface area (Å²) in [6.45, 7) is 6.79. The van der Waals surface area contributed by atoms with Crippen molar-refractivity contribution in [1.82, 2.24) is 15.3 Å². The standard InChI is InChI=1S/C23H26N4O3S/c1-14-15(2)31-23-20(14)21(25-13-26-23)27-9-7-16(8-10-27)22(28)24-11-17-12-29-18-5-3-4-6-19(18)30-17/h3-6,13,16-17H,7-12H2,1-2H3,(H,24,28)/t17-/m0/s1. The van der Waals surface area contributed by atoms with E-state index < -0.39 is 0 Å². The quantitative estimate of drug-likeness (QED) is 0.672. The van der Waals surface area contributed by atoms with Gasteiger partial charge < -0.3 is 19.7 Å². The summed E-state index contributed by atoms with van der Waals surface area (Å²) in [5.41, 5.74) is 1.26. The Balaban J connectivity index is 1.16. The van der Waals surface area contributed by atoms with Gasteiger partial charge in [0.05, 0.1) is 11.9 Å². The highest BCUT2D eigenvalue weighted by Gasteiger charge is 2.28. The first kappa shape index (κ1) is 20.1. The Morgan fingerprint density at radius 1 is 1.19 bits per heavy atom. The Kier molecular flexibility index (Phi) is 5.40. The SMILES string of the molecule is Cc1sc2ncnc(N3CCC(C(=O)NC[C@H]4COc5ccccc5O4)CC3)c2c1C. The topological polar surface area (TPSA) is 76.6 Å². The molecule has 2 aliphatic rings. The average Bonchev–Trinajstić information content (AvgIpc) is 3.11. The van der Waals surface area contributed by atoms with Crippen LogP contribution in [0.25, 0.3) is 10.2 Å². The van der Waals surface area contributed by atoms with E-state index in [1.54, 1.807) is 17.7 Å². The molecule has 5 rings (SSSR count). The molecule has 1 aromatic carbocycles. The van der Waals surface area contributed by atoms with Crippen LogP contribution in [0.2, 0.25) is 0 Å². The number of thiophene rings is 1. The van der Waals surface area contributed by atoms with Gasteiger partial charge in [0, 0.05) is 23.9 Å². The number of carbonyl (C=O) groups is 1. The van der Waals surface area contributed by atoms with Crippen LogP contribution in [-0.2, 0) is 4.79 Å². The minimum atomic E-state index is -0.168. The fourth-order valence-corrected chi connectivity index (χ4v) is 5.27. The second-order valence-corrected chi connectivity index (χ2v) is 9.37. The van der Waals surface area contributed by atoms with E-state index in [1.807, 2.05) is 24.3 Å². The van der Waals surface area contributed by atoms with E-state index in [2.05, 4.69) is 34.0 Å². The van der Waals surface area contributed by atoms with Crippen molar-refractivity contribution in [1.29, 1.82) is 0 Å².